The van der Waals surface area contributed by atoms with Gasteiger partial charge < -0.3 is 10.6 Å². The number of hydrogen-bond donors (Lipinski definition) is 2. The molecule has 0 aromatic heterocycles. The minimum atomic E-state index is 0.690. The fourth-order valence-corrected chi connectivity index (χ4v) is 4.20. The zero-order chi connectivity index (χ0) is 14.3. The fraction of sp³-hybridized carbons (Fsp3) is 0.579. The van der Waals surface area contributed by atoms with E-state index < -0.39 is 0 Å². The lowest BCUT2D eigenvalue weighted by molar-refractivity contribution is 0.0226. The first-order valence-corrected chi connectivity index (χ1v) is 8.50. The molecule has 4 rings (SSSR count). The van der Waals surface area contributed by atoms with Gasteiger partial charge in [0.05, 0.1) is 0 Å². The average Bonchev–Trinajstić information content (AvgIpc) is 3.18. The van der Waals surface area contributed by atoms with Gasteiger partial charge >= 0.3 is 0 Å². The summed E-state index contributed by atoms with van der Waals surface area (Å²) >= 11 is 0. The van der Waals surface area contributed by atoms with Crippen LogP contribution in [0.2, 0.25) is 0 Å². The highest BCUT2D eigenvalue weighted by Gasteiger charge is 2.50. The smallest absolute Gasteiger partial charge is 0.0142 e. The highest BCUT2D eigenvalue weighted by atomic mass is 15.1. The molecule has 1 spiro atoms. The van der Waals surface area contributed by atoms with E-state index in [1.807, 2.05) is 0 Å². The minimum absolute atomic E-state index is 0.690. The summed E-state index contributed by atoms with van der Waals surface area (Å²) in [6.45, 7) is 4.81. The first-order valence-electron chi connectivity index (χ1n) is 8.50. The molecule has 1 aromatic rings. The lowest BCUT2D eigenvalue weighted by Gasteiger charge is -2.54. The lowest BCUT2D eigenvalue weighted by atomic mass is 9.61. The van der Waals surface area contributed by atoms with Crippen molar-refractivity contribution in [3.63, 3.8) is 0 Å². The van der Waals surface area contributed by atoms with Gasteiger partial charge in [-0.15, -0.1) is 0 Å². The summed E-state index contributed by atoms with van der Waals surface area (Å²) in [5.41, 5.74) is 3.66. The third-order valence-electron chi connectivity index (χ3n) is 5.64. The van der Waals surface area contributed by atoms with Crippen molar-refractivity contribution in [2.75, 3.05) is 13.1 Å². The quantitative estimate of drug-likeness (QED) is 0.866. The van der Waals surface area contributed by atoms with Gasteiger partial charge in [-0.2, -0.15) is 0 Å². The van der Waals surface area contributed by atoms with Crippen LogP contribution < -0.4 is 10.6 Å². The molecule has 2 heteroatoms. The highest BCUT2D eigenvalue weighted by Crippen LogP contribution is 2.47. The van der Waals surface area contributed by atoms with Crippen molar-refractivity contribution in [1.29, 1.82) is 0 Å². The van der Waals surface area contributed by atoms with Crippen molar-refractivity contribution < 1.29 is 0 Å². The third-order valence-corrected chi connectivity index (χ3v) is 5.64. The first kappa shape index (κ1) is 13.5. The molecule has 1 aromatic carbocycles. The molecule has 0 bridgehead atoms. The molecule has 0 radical (unpaired) electrons. The monoisotopic (exact) mass is 282 g/mol. The summed E-state index contributed by atoms with van der Waals surface area (Å²) in [6.07, 6.45) is 7.72. The summed E-state index contributed by atoms with van der Waals surface area (Å²) in [7, 11) is 0. The second-order valence-electron chi connectivity index (χ2n) is 7.31. The van der Waals surface area contributed by atoms with Crippen LogP contribution in [0.5, 0.6) is 0 Å². The van der Waals surface area contributed by atoms with Gasteiger partial charge in [0.1, 0.15) is 0 Å². The van der Waals surface area contributed by atoms with Crippen molar-refractivity contribution >= 4 is 6.08 Å². The Balaban J connectivity index is 1.32. The van der Waals surface area contributed by atoms with E-state index in [2.05, 4.69) is 54.0 Å². The molecule has 3 fully saturated rings. The van der Waals surface area contributed by atoms with E-state index in [1.54, 1.807) is 5.57 Å². The molecule has 1 heterocycles. The first-order chi connectivity index (χ1) is 10.3. The molecule has 112 valence electrons. The van der Waals surface area contributed by atoms with Gasteiger partial charge in [0.15, 0.2) is 0 Å². The van der Waals surface area contributed by atoms with E-state index in [0.717, 1.165) is 18.0 Å². The molecule has 2 nitrogen and oxygen atoms in total. The number of nitrogens with one attached hydrogen (secondary N) is 2. The van der Waals surface area contributed by atoms with Crippen molar-refractivity contribution in [2.24, 2.45) is 11.3 Å². The van der Waals surface area contributed by atoms with E-state index in [-0.39, 0.29) is 0 Å². The molecule has 1 saturated heterocycles. The van der Waals surface area contributed by atoms with E-state index in [0.29, 0.717) is 5.41 Å². The number of hydrogen-bond acceptors (Lipinski definition) is 2. The standard InChI is InChI=1S/C19H26N2/c1-2-15(8-14-6-4-3-5-7-14)17-9-18(17)21-16-10-19(11-16)12-20-13-19/h3-8,16-18,20-21H,2,9-13H2,1H3/t17-,18+/m0/s1. The number of rotatable bonds is 5. The predicted molar refractivity (Wildman–Crippen MR) is 88.1 cm³/mol. The Kier molecular flexibility index (Phi) is 3.39. The maximum Gasteiger partial charge on any atom is 0.0142 e. The van der Waals surface area contributed by atoms with Gasteiger partial charge in [0.2, 0.25) is 0 Å². The Bertz CT molecular complexity index is 522. The Morgan fingerprint density at radius 3 is 2.67 bits per heavy atom. The summed E-state index contributed by atoms with van der Waals surface area (Å²) in [6, 6.07) is 12.3. The van der Waals surface area contributed by atoms with Gasteiger partial charge in [-0.25, -0.2) is 0 Å². The van der Waals surface area contributed by atoms with Crippen LogP contribution in [-0.4, -0.2) is 25.2 Å². The Morgan fingerprint density at radius 2 is 2.05 bits per heavy atom. The summed E-state index contributed by atoms with van der Waals surface area (Å²) in [5, 5.41) is 7.32. The van der Waals surface area contributed by atoms with Gasteiger partial charge in [-0.05, 0) is 42.6 Å². The summed E-state index contributed by atoms with van der Waals surface area (Å²) < 4.78 is 0. The zero-order valence-corrected chi connectivity index (χ0v) is 12.9. The molecule has 0 unspecified atom stereocenters. The van der Waals surface area contributed by atoms with E-state index in [4.69, 9.17) is 0 Å². The molecular formula is C19H26N2. The molecule has 2 atom stereocenters. The molecule has 3 aliphatic rings. The van der Waals surface area contributed by atoms with Gasteiger partial charge in [-0.3, -0.25) is 0 Å². The Hall–Kier alpha value is -1.12. The topological polar surface area (TPSA) is 24.1 Å². The van der Waals surface area contributed by atoms with Crippen molar-refractivity contribution in [3.05, 3.63) is 41.5 Å². The van der Waals surface area contributed by atoms with E-state index >= 15 is 0 Å². The fourth-order valence-electron chi connectivity index (χ4n) is 4.20. The van der Waals surface area contributed by atoms with Crippen LogP contribution in [-0.2, 0) is 0 Å². The summed E-state index contributed by atoms with van der Waals surface area (Å²) in [5.74, 6) is 0.784. The van der Waals surface area contributed by atoms with Crippen molar-refractivity contribution in [2.45, 2.75) is 44.7 Å². The van der Waals surface area contributed by atoms with Crippen LogP contribution in [0.3, 0.4) is 0 Å². The third kappa shape index (κ3) is 2.67. The van der Waals surface area contributed by atoms with E-state index in [1.165, 1.54) is 44.3 Å². The Morgan fingerprint density at radius 1 is 1.29 bits per heavy atom. The highest BCUT2D eigenvalue weighted by molar-refractivity contribution is 5.54. The van der Waals surface area contributed by atoms with Gasteiger partial charge in [0.25, 0.3) is 0 Å². The van der Waals surface area contributed by atoms with Crippen LogP contribution in [0.25, 0.3) is 6.08 Å². The van der Waals surface area contributed by atoms with Crippen LogP contribution in [0.15, 0.2) is 35.9 Å². The molecule has 0 amide bonds. The molecule has 2 aliphatic carbocycles. The SMILES string of the molecule is CCC(=Cc1ccccc1)[C@@H]1C[C@H]1NC1CC2(CNC2)C1. The van der Waals surface area contributed by atoms with Crippen LogP contribution >= 0.6 is 0 Å². The molecule has 2 saturated carbocycles. The second-order valence-corrected chi connectivity index (χ2v) is 7.31. The molecular weight excluding hydrogens is 256 g/mol. The largest absolute Gasteiger partial charge is 0.316 e. The maximum absolute atomic E-state index is 3.90. The predicted octanol–water partition coefficient (Wildman–Crippen LogP) is 3.21. The van der Waals surface area contributed by atoms with Crippen LogP contribution in [0.1, 0.15) is 38.2 Å². The molecule has 1 aliphatic heterocycles. The molecule has 21 heavy (non-hydrogen) atoms. The van der Waals surface area contributed by atoms with Crippen LogP contribution in [0, 0.1) is 11.3 Å². The zero-order valence-electron chi connectivity index (χ0n) is 12.9. The molecule has 2 N–H and O–H groups in total. The normalized spacial score (nSPS) is 30.8. The van der Waals surface area contributed by atoms with Gasteiger partial charge in [0, 0.05) is 25.2 Å². The Labute approximate surface area is 128 Å². The minimum Gasteiger partial charge on any atom is -0.316 e. The average molecular weight is 282 g/mol. The van der Waals surface area contributed by atoms with Crippen molar-refractivity contribution in [1.82, 2.24) is 10.6 Å². The number of benzene rings is 1. The van der Waals surface area contributed by atoms with Crippen molar-refractivity contribution in [3.8, 4) is 0 Å². The van der Waals surface area contributed by atoms with E-state index in [9.17, 15) is 0 Å². The summed E-state index contributed by atoms with van der Waals surface area (Å²) in [4.78, 5) is 0. The lowest BCUT2D eigenvalue weighted by Crippen LogP contribution is -2.64. The van der Waals surface area contributed by atoms with Crippen LogP contribution in [0.4, 0.5) is 0 Å². The maximum atomic E-state index is 3.90. The van der Waals surface area contributed by atoms with Gasteiger partial charge in [-0.1, -0.05) is 48.9 Å². The second kappa shape index (κ2) is 5.26.